The van der Waals surface area contributed by atoms with Crippen molar-refractivity contribution in [1.29, 1.82) is 0 Å². The molecule has 0 atom stereocenters. The van der Waals surface area contributed by atoms with E-state index in [0.29, 0.717) is 12.8 Å². The van der Waals surface area contributed by atoms with Gasteiger partial charge in [0.25, 0.3) is 0 Å². The molecule has 0 fully saturated rings. The van der Waals surface area contributed by atoms with Gasteiger partial charge >= 0.3 is 0 Å². The standard InChI is InChI=1S/C14H20N2O4S/c1-14(2,18)9-15-21(19,20)11-5-6-12-10(8-11)4-7-13(17)16(12)3/h5-6,8,15,18H,4,7,9H2,1-3H3. The summed E-state index contributed by atoms with van der Waals surface area (Å²) in [7, 11) is -1.99. The number of nitrogens with one attached hydrogen (secondary N) is 1. The zero-order valence-corrected chi connectivity index (χ0v) is 13.2. The molecule has 21 heavy (non-hydrogen) atoms. The van der Waals surface area contributed by atoms with Gasteiger partial charge in [-0.25, -0.2) is 13.1 Å². The number of carbonyl (C=O) groups excluding carboxylic acids is 1. The third kappa shape index (κ3) is 3.61. The number of amides is 1. The van der Waals surface area contributed by atoms with Crippen LogP contribution in [-0.4, -0.2) is 38.6 Å². The summed E-state index contributed by atoms with van der Waals surface area (Å²) < 4.78 is 26.8. The van der Waals surface area contributed by atoms with Crippen molar-refractivity contribution in [2.24, 2.45) is 0 Å². The summed E-state index contributed by atoms with van der Waals surface area (Å²) in [5, 5.41) is 9.61. The summed E-state index contributed by atoms with van der Waals surface area (Å²) in [5.74, 6) is 0.0262. The Labute approximate surface area is 124 Å². The molecule has 1 aromatic rings. The van der Waals surface area contributed by atoms with Gasteiger partial charge in [-0.15, -0.1) is 0 Å². The van der Waals surface area contributed by atoms with Gasteiger partial charge in [0.1, 0.15) is 0 Å². The highest BCUT2D eigenvalue weighted by molar-refractivity contribution is 7.89. The molecule has 1 aromatic carbocycles. The highest BCUT2D eigenvalue weighted by atomic mass is 32.2. The zero-order valence-electron chi connectivity index (χ0n) is 12.4. The normalized spacial score (nSPS) is 16.0. The van der Waals surface area contributed by atoms with Crippen molar-refractivity contribution in [1.82, 2.24) is 4.72 Å². The number of aryl methyl sites for hydroxylation is 1. The summed E-state index contributed by atoms with van der Waals surface area (Å²) in [6.45, 7) is 3.00. The van der Waals surface area contributed by atoms with Crippen molar-refractivity contribution in [3.05, 3.63) is 23.8 Å². The Morgan fingerprint density at radius 2 is 2.00 bits per heavy atom. The minimum absolute atomic E-state index is 0.0262. The number of benzene rings is 1. The molecule has 0 saturated carbocycles. The number of fused-ring (bicyclic) bond motifs is 1. The second kappa shape index (κ2) is 5.40. The van der Waals surface area contributed by atoms with Gasteiger partial charge in [-0.1, -0.05) is 0 Å². The van der Waals surface area contributed by atoms with E-state index in [1.165, 1.54) is 19.9 Å². The molecule has 1 amide bonds. The molecule has 0 aliphatic carbocycles. The first-order valence-electron chi connectivity index (χ1n) is 6.72. The average Bonchev–Trinajstić information content (AvgIpc) is 2.40. The van der Waals surface area contributed by atoms with E-state index in [1.807, 2.05) is 0 Å². The monoisotopic (exact) mass is 312 g/mol. The summed E-state index contributed by atoms with van der Waals surface area (Å²) in [6, 6.07) is 4.71. The fraction of sp³-hybridized carbons (Fsp3) is 0.500. The van der Waals surface area contributed by atoms with Crippen molar-refractivity contribution >= 4 is 21.6 Å². The molecule has 1 heterocycles. The molecule has 0 aromatic heterocycles. The van der Waals surface area contributed by atoms with Gasteiger partial charge in [0.15, 0.2) is 0 Å². The van der Waals surface area contributed by atoms with Gasteiger partial charge in [-0.05, 0) is 44.0 Å². The van der Waals surface area contributed by atoms with Gasteiger partial charge in [0.05, 0.1) is 10.5 Å². The maximum atomic E-state index is 12.2. The largest absolute Gasteiger partial charge is 0.389 e. The number of aliphatic hydroxyl groups is 1. The number of nitrogens with zero attached hydrogens (tertiary/aromatic N) is 1. The van der Waals surface area contributed by atoms with Gasteiger partial charge in [0.2, 0.25) is 15.9 Å². The third-order valence-electron chi connectivity index (χ3n) is 3.40. The molecular formula is C14H20N2O4S. The molecule has 0 unspecified atom stereocenters. The highest BCUT2D eigenvalue weighted by Crippen LogP contribution is 2.28. The molecule has 6 nitrogen and oxygen atoms in total. The topological polar surface area (TPSA) is 86.7 Å². The molecular weight excluding hydrogens is 292 g/mol. The molecule has 7 heteroatoms. The predicted molar refractivity (Wildman–Crippen MR) is 79.7 cm³/mol. The number of sulfonamides is 1. The molecule has 2 N–H and O–H groups in total. The van der Waals surface area contributed by atoms with E-state index in [1.54, 1.807) is 24.1 Å². The Kier molecular flexibility index (Phi) is 4.10. The fourth-order valence-electron chi connectivity index (χ4n) is 2.16. The Hall–Kier alpha value is -1.44. The number of hydrogen-bond acceptors (Lipinski definition) is 4. The van der Waals surface area contributed by atoms with E-state index in [0.717, 1.165) is 11.3 Å². The number of hydrogen-bond donors (Lipinski definition) is 2. The van der Waals surface area contributed by atoms with E-state index in [9.17, 15) is 18.3 Å². The predicted octanol–water partition coefficient (Wildman–Crippen LogP) is 0.645. The van der Waals surface area contributed by atoms with E-state index in [2.05, 4.69) is 4.72 Å². The SMILES string of the molecule is CN1C(=O)CCc2cc(S(=O)(=O)NCC(C)(C)O)ccc21. The van der Waals surface area contributed by atoms with Gasteiger partial charge in [-0.3, -0.25) is 4.79 Å². The second-order valence-electron chi connectivity index (χ2n) is 5.88. The van der Waals surface area contributed by atoms with Crippen LogP contribution in [0, 0.1) is 0 Å². The molecule has 1 aliphatic rings. The van der Waals surface area contributed by atoms with Gasteiger partial charge < -0.3 is 10.0 Å². The van der Waals surface area contributed by atoms with Crippen LogP contribution in [-0.2, 0) is 21.2 Å². The van der Waals surface area contributed by atoms with Crippen molar-refractivity contribution in [2.75, 3.05) is 18.5 Å². The molecule has 0 radical (unpaired) electrons. The Balaban J connectivity index is 2.28. The van der Waals surface area contributed by atoms with Crippen LogP contribution >= 0.6 is 0 Å². The van der Waals surface area contributed by atoms with Gasteiger partial charge in [0, 0.05) is 25.7 Å². The molecule has 0 saturated heterocycles. The fourth-order valence-corrected chi connectivity index (χ4v) is 3.41. The molecule has 2 rings (SSSR count). The lowest BCUT2D eigenvalue weighted by Crippen LogP contribution is -2.38. The summed E-state index contributed by atoms with van der Waals surface area (Å²) in [6.07, 6.45) is 0.914. The van der Waals surface area contributed by atoms with Crippen molar-refractivity contribution in [2.45, 2.75) is 37.2 Å². The van der Waals surface area contributed by atoms with Crippen LogP contribution < -0.4 is 9.62 Å². The van der Waals surface area contributed by atoms with Crippen LogP contribution in [0.1, 0.15) is 25.8 Å². The zero-order chi connectivity index (χ0) is 15.8. The quantitative estimate of drug-likeness (QED) is 0.854. The van der Waals surface area contributed by atoms with Crippen molar-refractivity contribution < 1.29 is 18.3 Å². The Morgan fingerprint density at radius 3 is 2.62 bits per heavy atom. The minimum Gasteiger partial charge on any atom is -0.389 e. The van der Waals surface area contributed by atoms with E-state index < -0.39 is 15.6 Å². The Bertz CT molecular complexity index is 662. The summed E-state index contributed by atoms with van der Waals surface area (Å²) in [5.41, 5.74) is 0.462. The average molecular weight is 312 g/mol. The maximum absolute atomic E-state index is 12.2. The first-order valence-corrected chi connectivity index (χ1v) is 8.20. The van der Waals surface area contributed by atoms with Gasteiger partial charge in [-0.2, -0.15) is 0 Å². The third-order valence-corrected chi connectivity index (χ3v) is 4.80. The van der Waals surface area contributed by atoms with Crippen LogP contribution in [0.4, 0.5) is 5.69 Å². The maximum Gasteiger partial charge on any atom is 0.240 e. The first-order chi connectivity index (χ1) is 9.60. The van der Waals surface area contributed by atoms with Crippen LogP contribution in [0.25, 0.3) is 0 Å². The lowest BCUT2D eigenvalue weighted by molar-refractivity contribution is -0.118. The van der Waals surface area contributed by atoms with E-state index in [4.69, 9.17) is 0 Å². The lowest BCUT2D eigenvalue weighted by Gasteiger charge is -2.26. The van der Waals surface area contributed by atoms with Crippen LogP contribution in [0.15, 0.2) is 23.1 Å². The first kappa shape index (κ1) is 15.9. The summed E-state index contributed by atoms with van der Waals surface area (Å²) >= 11 is 0. The minimum atomic E-state index is -3.67. The van der Waals surface area contributed by atoms with E-state index in [-0.39, 0.29) is 17.3 Å². The van der Waals surface area contributed by atoms with Crippen LogP contribution in [0.5, 0.6) is 0 Å². The van der Waals surface area contributed by atoms with Crippen LogP contribution in [0.3, 0.4) is 0 Å². The van der Waals surface area contributed by atoms with Crippen molar-refractivity contribution in [3.63, 3.8) is 0 Å². The number of carbonyl (C=O) groups is 1. The number of rotatable bonds is 4. The molecule has 0 bridgehead atoms. The number of anilines is 1. The highest BCUT2D eigenvalue weighted by Gasteiger charge is 2.24. The van der Waals surface area contributed by atoms with Crippen LogP contribution in [0.2, 0.25) is 0 Å². The summed E-state index contributed by atoms with van der Waals surface area (Å²) in [4.78, 5) is 13.3. The van der Waals surface area contributed by atoms with Crippen molar-refractivity contribution in [3.8, 4) is 0 Å². The second-order valence-corrected chi connectivity index (χ2v) is 7.65. The van der Waals surface area contributed by atoms with E-state index >= 15 is 0 Å². The lowest BCUT2D eigenvalue weighted by atomic mass is 10.0. The molecule has 0 spiro atoms. The molecule has 1 aliphatic heterocycles. The molecule has 116 valence electrons. The Morgan fingerprint density at radius 1 is 1.33 bits per heavy atom. The smallest absolute Gasteiger partial charge is 0.240 e.